The van der Waals surface area contributed by atoms with Gasteiger partial charge >= 0.3 is 0 Å². The molecule has 0 spiro atoms. The topological polar surface area (TPSA) is 162 Å². The smallest absolute Gasteiger partial charge is 0.261 e. The number of Topliss-reactive ketones (excluding diaryl/α,β-unsaturated/α-hetero) is 1. The number of nitrogens with one attached hydrogen (secondary N) is 1. The van der Waals surface area contributed by atoms with E-state index in [2.05, 4.69) is 14.7 Å². The molecule has 1 aliphatic heterocycles. The van der Waals surface area contributed by atoms with Crippen molar-refractivity contribution in [1.82, 2.24) is 19.9 Å². The summed E-state index contributed by atoms with van der Waals surface area (Å²) in [5.74, 6) is -3.44. The van der Waals surface area contributed by atoms with Gasteiger partial charge in [0, 0.05) is 55.5 Å². The largest absolute Gasteiger partial charge is 0.379 e. The highest BCUT2D eigenvalue weighted by atomic mass is 35.5. The summed E-state index contributed by atoms with van der Waals surface area (Å²) >= 11 is 6.25. The summed E-state index contributed by atoms with van der Waals surface area (Å²) in [7, 11) is -4.07. The average molecular weight is 979 g/mol. The quantitative estimate of drug-likeness (QED) is 0.0308. The number of hydrogen-bond acceptors (Lipinski definition) is 12. The van der Waals surface area contributed by atoms with Crippen LogP contribution in [0, 0.1) is 30.2 Å². The third-order valence-corrected chi connectivity index (χ3v) is 12.6. The van der Waals surface area contributed by atoms with Crippen LogP contribution in [0.5, 0.6) is 0 Å². The Bertz CT molecular complexity index is 2860. The molecule has 1 saturated heterocycles. The van der Waals surface area contributed by atoms with Crippen molar-refractivity contribution < 1.29 is 54.5 Å². The lowest BCUT2D eigenvalue weighted by Gasteiger charge is -2.35. The average Bonchev–Trinajstić information content (AvgIpc) is 3.33. The fourth-order valence-electron chi connectivity index (χ4n) is 7.25. The maximum Gasteiger partial charge on any atom is 0.261 e. The summed E-state index contributed by atoms with van der Waals surface area (Å²) < 4.78 is 107. The zero-order chi connectivity index (χ0) is 48.2. The number of halogens is 5. The molecule has 3 heterocycles. The van der Waals surface area contributed by atoms with Crippen LogP contribution in [-0.4, -0.2) is 119 Å². The number of amides is 1. The van der Waals surface area contributed by atoms with Crippen LogP contribution in [0.25, 0.3) is 22.2 Å². The number of fused-ring (bicyclic) bond motifs is 1. The van der Waals surface area contributed by atoms with E-state index in [4.69, 9.17) is 35.5 Å². The van der Waals surface area contributed by atoms with Gasteiger partial charge in [0.2, 0.25) is 5.91 Å². The van der Waals surface area contributed by atoms with Gasteiger partial charge in [-0.2, -0.15) is 0 Å². The molecular formula is C48H47ClF4N6O8S. The Balaban J connectivity index is 0.762. The molecule has 2 aromatic heterocycles. The van der Waals surface area contributed by atoms with Gasteiger partial charge in [-0.3, -0.25) is 19.3 Å². The highest BCUT2D eigenvalue weighted by Crippen LogP contribution is 2.31. The third-order valence-electron chi connectivity index (χ3n) is 10.9. The van der Waals surface area contributed by atoms with Crippen molar-refractivity contribution in [1.29, 1.82) is 0 Å². The monoisotopic (exact) mass is 978 g/mol. The van der Waals surface area contributed by atoms with Gasteiger partial charge in [0.15, 0.2) is 22.6 Å². The molecule has 0 bridgehead atoms. The van der Waals surface area contributed by atoms with E-state index in [0.29, 0.717) is 59.7 Å². The van der Waals surface area contributed by atoms with Crippen LogP contribution in [0.1, 0.15) is 33.5 Å². The number of carbonyl (C=O) groups is 2. The minimum absolute atomic E-state index is 0.0315. The molecular weight excluding hydrogens is 932 g/mol. The van der Waals surface area contributed by atoms with Gasteiger partial charge in [-0.15, -0.1) is 0 Å². The van der Waals surface area contributed by atoms with Crippen molar-refractivity contribution >= 4 is 55.9 Å². The molecule has 20 heteroatoms. The molecule has 6 aromatic rings. The Morgan fingerprint density at radius 3 is 2.12 bits per heavy atom. The molecule has 0 saturated carbocycles. The predicted molar refractivity (Wildman–Crippen MR) is 246 cm³/mol. The number of benzene rings is 4. The van der Waals surface area contributed by atoms with Crippen molar-refractivity contribution in [2.45, 2.75) is 24.7 Å². The zero-order valence-electron chi connectivity index (χ0n) is 36.9. The first-order valence-corrected chi connectivity index (χ1v) is 23.4. The maximum absolute atomic E-state index is 14.7. The summed E-state index contributed by atoms with van der Waals surface area (Å²) in [4.78, 5) is 43.0. The van der Waals surface area contributed by atoms with Gasteiger partial charge < -0.3 is 28.7 Å². The number of aromatic nitrogens is 3. The highest BCUT2D eigenvalue weighted by molar-refractivity contribution is 7.92. The van der Waals surface area contributed by atoms with Crippen LogP contribution in [-0.2, 0) is 40.2 Å². The maximum atomic E-state index is 14.7. The summed E-state index contributed by atoms with van der Waals surface area (Å²) in [6.45, 7) is 4.91. The first kappa shape index (κ1) is 49.8. The van der Waals surface area contributed by atoms with E-state index in [1.165, 1.54) is 24.4 Å². The molecule has 7 rings (SSSR count). The van der Waals surface area contributed by atoms with Crippen molar-refractivity contribution in [2.75, 3.05) is 88.7 Å². The second kappa shape index (κ2) is 23.3. The van der Waals surface area contributed by atoms with E-state index in [1.807, 2.05) is 17.0 Å². The molecule has 14 nitrogen and oxygen atoms in total. The van der Waals surface area contributed by atoms with Crippen molar-refractivity contribution in [2.24, 2.45) is 0 Å². The van der Waals surface area contributed by atoms with Crippen LogP contribution >= 0.6 is 11.6 Å². The van der Waals surface area contributed by atoms with E-state index < -0.39 is 45.7 Å². The number of carbonyl (C=O) groups excluding carboxylic acids is 2. The van der Waals surface area contributed by atoms with Gasteiger partial charge in [-0.25, -0.2) is 35.9 Å². The van der Waals surface area contributed by atoms with Crippen molar-refractivity contribution in [3.63, 3.8) is 0 Å². The molecule has 1 fully saturated rings. The molecule has 4 aromatic carbocycles. The van der Waals surface area contributed by atoms with Gasteiger partial charge in [0.25, 0.3) is 10.0 Å². The Morgan fingerprint density at radius 2 is 1.41 bits per heavy atom. The number of pyridine rings is 1. The summed E-state index contributed by atoms with van der Waals surface area (Å²) in [5, 5.41) is -0.0632. The lowest BCUT2D eigenvalue weighted by atomic mass is 9.95. The highest BCUT2D eigenvalue weighted by Gasteiger charge is 2.24. The Kier molecular flexibility index (Phi) is 17.0. The SMILES string of the molecule is Cc1ccc(Cc2c(C(=O)COCCOCCOCCOCCC(=O)N3CCN(c4cnc5ccc(-c6cnc(Cl)c(NS(=O)(=O)c7ccc(F)cc7)c6)cc5n4)CC3)ccc(F)c2F)c(F)c1. The Morgan fingerprint density at radius 1 is 0.721 bits per heavy atom. The van der Waals surface area contributed by atoms with Gasteiger partial charge in [0.05, 0.1) is 80.5 Å². The summed E-state index contributed by atoms with van der Waals surface area (Å²) in [6, 6.07) is 17.8. The molecule has 358 valence electrons. The number of sulfonamides is 1. The second-order valence-corrected chi connectivity index (χ2v) is 17.7. The normalized spacial score (nSPS) is 13.0. The number of ketones is 1. The Hall–Kier alpha value is -6.09. The number of aryl methyl sites for hydroxylation is 1. The van der Waals surface area contributed by atoms with E-state index in [-0.39, 0.29) is 97.4 Å². The van der Waals surface area contributed by atoms with Crippen molar-refractivity contribution in [3.05, 3.63) is 142 Å². The van der Waals surface area contributed by atoms with Crippen LogP contribution in [0.15, 0.2) is 96.2 Å². The molecule has 0 aliphatic carbocycles. The van der Waals surface area contributed by atoms with Gasteiger partial charge in [-0.1, -0.05) is 29.8 Å². The number of hydrogen-bond donors (Lipinski definition) is 1. The minimum Gasteiger partial charge on any atom is -0.379 e. The fraction of sp³-hybridized carbons (Fsp3) is 0.312. The van der Waals surface area contributed by atoms with Crippen LogP contribution in [0.3, 0.4) is 0 Å². The van der Waals surface area contributed by atoms with Gasteiger partial charge in [-0.05, 0) is 84.3 Å². The first-order valence-electron chi connectivity index (χ1n) is 21.6. The fourth-order valence-corrected chi connectivity index (χ4v) is 8.51. The van der Waals surface area contributed by atoms with E-state index in [0.717, 1.165) is 30.3 Å². The predicted octanol–water partition coefficient (Wildman–Crippen LogP) is 7.59. The van der Waals surface area contributed by atoms with E-state index in [1.54, 1.807) is 36.2 Å². The minimum atomic E-state index is -4.07. The summed E-state index contributed by atoms with van der Waals surface area (Å²) in [6.07, 6.45) is 3.11. The van der Waals surface area contributed by atoms with Crippen LogP contribution in [0.4, 0.5) is 29.1 Å². The molecule has 0 radical (unpaired) electrons. The van der Waals surface area contributed by atoms with E-state index >= 15 is 0 Å². The number of ether oxygens (including phenoxy) is 4. The molecule has 68 heavy (non-hydrogen) atoms. The molecule has 1 N–H and O–H groups in total. The van der Waals surface area contributed by atoms with Crippen molar-refractivity contribution in [3.8, 4) is 11.1 Å². The first-order chi connectivity index (χ1) is 32.8. The standard InChI is InChI=1S/C48H47ClF4N6O8S/c1-31-2-3-33(40(52)24-31)25-38-37(9-10-39(51)47(38)53)44(60)30-67-23-22-66-21-20-65-19-18-64-17-12-46(61)59-15-13-58(14-16-59)45-29-54-41-11-4-32(26-42(41)56-45)34-27-43(48(49)55-28-34)57-68(62,63)36-7-5-35(50)6-8-36/h2-11,24,26-29,57H,12-23,25,30H2,1H3. The summed E-state index contributed by atoms with van der Waals surface area (Å²) in [5.41, 5.74) is 3.05. The number of anilines is 2. The molecule has 0 atom stereocenters. The van der Waals surface area contributed by atoms with Crippen LogP contribution < -0.4 is 9.62 Å². The second-order valence-electron chi connectivity index (χ2n) is 15.6. The lowest BCUT2D eigenvalue weighted by Crippen LogP contribution is -2.49. The number of nitrogens with zero attached hydrogens (tertiary/aromatic N) is 5. The van der Waals surface area contributed by atoms with E-state index in [9.17, 15) is 35.6 Å². The molecule has 1 aliphatic rings. The zero-order valence-corrected chi connectivity index (χ0v) is 38.4. The van der Waals surface area contributed by atoms with Crippen LogP contribution in [0.2, 0.25) is 5.15 Å². The number of piperazine rings is 1. The third kappa shape index (κ3) is 13.1. The molecule has 1 amide bonds. The lowest BCUT2D eigenvalue weighted by molar-refractivity contribution is -0.132. The number of rotatable bonds is 22. The van der Waals surface area contributed by atoms with Gasteiger partial charge in [0.1, 0.15) is 24.1 Å². The molecule has 0 unspecified atom stereocenters. The Labute approximate surface area is 395 Å².